The van der Waals surface area contributed by atoms with Crippen LogP contribution in [0.4, 0.5) is 44.6 Å². The van der Waals surface area contributed by atoms with E-state index in [1.165, 1.54) is 33.1 Å². The molecule has 28 heteroatoms. The SMILES string of the molecule is C=C(CBr)C(=O)OC(C)CCCCC(=O)N[C@H](C(=O)N[C@@H](CCCNC(N)=O)C(=O)Nc1ccc(NC(=O)O[C@H]2CC(=O)N(C)c3cc(cc(OC)c3Cl)C/C(C)=C/C=C/[C@@H](OC)[C@@]3(O)C[C@H](OC(=O)N3)[C@@H](C)[C@@H]3O[C@@]23C)cc1C(F)(F)F)C(C)C. The average molecular weight is 1300 g/mol. The number of hydrogen-bond acceptors (Lipinski definition) is 15. The van der Waals surface area contributed by atoms with Gasteiger partial charge < -0.3 is 65.4 Å². The molecule has 9 N–H and O–H groups in total. The van der Waals surface area contributed by atoms with E-state index in [-0.39, 0.29) is 59.6 Å². The zero-order valence-corrected chi connectivity index (χ0v) is 51.7. The van der Waals surface area contributed by atoms with Crippen LogP contribution in [-0.2, 0) is 60.3 Å². The summed E-state index contributed by atoms with van der Waals surface area (Å²) in [6, 6.07) is 2.17. The van der Waals surface area contributed by atoms with E-state index in [2.05, 4.69) is 54.4 Å². The highest BCUT2D eigenvalue weighted by Crippen LogP contribution is 2.49. The number of alkyl carbamates (subject to hydrolysis) is 1. The van der Waals surface area contributed by atoms with Crippen molar-refractivity contribution in [2.45, 2.75) is 159 Å². The lowest BCUT2D eigenvalue weighted by atomic mass is 9.83. The van der Waals surface area contributed by atoms with Gasteiger partial charge in [-0.15, -0.1) is 0 Å². The average Bonchev–Trinajstić information content (AvgIpc) is 1.65. The Labute approximate surface area is 510 Å². The molecule has 2 fully saturated rings. The van der Waals surface area contributed by atoms with Crippen LogP contribution >= 0.6 is 27.5 Å². The molecule has 3 heterocycles. The third kappa shape index (κ3) is 19.0. The van der Waals surface area contributed by atoms with Crippen molar-refractivity contribution in [1.29, 1.82) is 0 Å². The predicted molar refractivity (Wildman–Crippen MR) is 315 cm³/mol. The van der Waals surface area contributed by atoms with Gasteiger partial charge in [0.2, 0.25) is 23.6 Å². The number of amides is 8. The van der Waals surface area contributed by atoms with Gasteiger partial charge >= 0.3 is 30.4 Å². The maximum atomic E-state index is 15.0. The number of halogens is 5. The van der Waals surface area contributed by atoms with Crippen LogP contribution in [0.2, 0.25) is 5.02 Å². The van der Waals surface area contributed by atoms with Crippen molar-refractivity contribution in [2.75, 3.05) is 48.7 Å². The lowest BCUT2D eigenvalue weighted by Gasteiger charge is -2.42. The van der Waals surface area contributed by atoms with Gasteiger partial charge in [0.1, 0.15) is 46.8 Å². The van der Waals surface area contributed by atoms with Crippen molar-refractivity contribution in [2.24, 2.45) is 17.6 Å². The number of unbranched alkanes of at least 4 members (excludes halogenated alkanes) is 1. The smallest absolute Gasteiger partial charge is 0.418 e. The van der Waals surface area contributed by atoms with E-state index < -0.39 is 143 Å². The standard InChI is InChI=1S/C58H77BrClF3N8O15/c1-30(2)48(69-45(72)19-12-11-16-33(5)83-52(76)32(4)29-59)51(75)68-39(17-14-22-65-53(64)77)50(74)67-38-21-20-36(26-37(38)58(61,62)63)66-54(78)85-44-27-46(73)71(8)40-24-35(25-41(81-9)47(40)60)23-31(3)15-13-18-43(82-10)57(80)28-42(84-55(79)70-57)34(6)49-56(44,7)86-49/h13,15,18,20-21,24-26,30,33-34,39,42-44,48-49,80H,4,11-12,14,16-17,19,22-23,27-29H2,1-3,5-10H3,(H,66,78)(H,67,74)(H,68,75)(H,69,72)(H,70,79)(H3,64,65,77)/b18-13+,31-15+/t33?,34-,39+,42+,43-,44+,48+,49+,56+,57+/m1/s1. The molecular formula is C58H77BrClF3N8O15. The summed E-state index contributed by atoms with van der Waals surface area (Å²) in [6.45, 7) is 13.5. The minimum atomic E-state index is -5.18. The molecule has 23 nitrogen and oxygen atoms in total. The number of primary amides is 1. The molecule has 2 saturated heterocycles. The second-order valence-corrected chi connectivity index (χ2v) is 23.0. The topological polar surface area (TPSA) is 317 Å². The number of esters is 1. The third-order valence-corrected chi connectivity index (χ3v) is 16.0. The molecule has 86 heavy (non-hydrogen) atoms. The molecule has 10 atom stereocenters. The van der Waals surface area contributed by atoms with E-state index in [1.807, 2.05) is 6.92 Å². The first-order valence-corrected chi connectivity index (χ1v) is 29.3. The number of methoxy groups -OCH3 is 2. The van der Waals surface area contributed by atoms with Gasteiger partial charge in [-0.3, -0.25) is 29.8 Å². The fraction of sp³-hybridized carbons (Fsp3) is 0.552. The Bertz CT molecular complexity index is 2920. The van der Waals surface area contributed by atoms with E-state index in [0.29, 0.717) is 37.3 Å². The Kier molecular flexibility index (Phi) is 24.9. The van der Waals surface area contributed by atoms with Gasteiger partial charge in [-0.1, -0.05) is 78.7 Å². The zero-order valence-electron chi connectivity index (χ0n) is 49.4. The van der Waals surface area contributed by atoms with Crippen molar-refractivity contribution in [3.63, 3.8) is 0 Å². The number of ether oxygens (including phenoxy) is 6. The summed E-state index contributed by atoms with van der Waals surface area (Å²) in [5, 5.41) is 26.7. The van der Waals surface area contributed by atoms with Crippen LogP contribution in [0.1, 0.15) is 104 Å². The van der Waals surface area contributed by atoms with Crippen LogP contribution in [0, 0.1) is 11.8 Å². The fourth-order valence-electron chi connectivity index (χ4n) is 9.99. The maximum absolute atomic E-state index is 15.0. The van der Waals surface area contributed by atoms with Crippen LogP contribution in [0.3, 0.4) is 0 Å². The number of nitrogens with zero attached hydrogens (tertiary/aromatic N) is 1. The number of aliphatic hydroxyl groups is 1. The summed E-state index contributed by atoms with van der Waals surface area (Å²) in [4.78, 5) is 107. The number of carbonyl (C=O) groups excluding carboxylic acids is 8. The quantitative estimate of drug-likeness (QED) is 0.0139. The molecule has 2 aromatic rings. The first kappa shape index (κ1) is 69.8. The number of hydrogen-bond donors (Lipinski definition) is 8. The molecule has 0 spiro atoms. The Hall–Kier alpha value is -6.94. The molecule has 5 rings (SSSR count). The number of allylic oxidation sites excluding steroid dienone is 3. The van der Waals surface area contributed by atoms with Gasteiger partial charge in [0.15, 0.2) is 5.72 Å². The summed E-state index contributed by atoms with van der Waals surface area (Å²) in [5.74, 6) is -4.69. The van der Waals surface area contributed by atoms with Crippen molar-refractivity contribution in [1.82, 2.24) is 21.3 Å². The molecule has 4 bridgehead atoms. The van der Waals surface area contributed by atoms with E-state index in [0.717, 1.165) is 17.7 Å². The first-order valence-electron chi connectivity index (χ1n) is 27.8. The van der Waals surface area contributed by atoms with Crippen molar-refractivity contribution >= 4 is 92.4 Å². The molecule has 0 radical (unpaired) electrons. The lowest BCUT2D eigenvalue weighted by molar-refractivity contribution is -0.144. The number of alkyl halides is 4. The van der Waals surface area contributed by atoms with Gasteiger partial charge in [-0.05, 0) is 101 Å². The minimum absolute atomic E-state index is 0.0103. The summed E-state index contributed by atoms with van der Waals surface area (Å²) in [5.41, 5.74) is 0.976. The Morgan fingerprint density at radius 2 is 1.73 bits per heavy atom. The molecule has 0 aromatic heterocycles. The fourth-order valence-corrected chi connectivity index (χ4v) is 10.5. The number of benzene rings is 2. The highest BCUT2D eigenvalue weighted by atomic mass is 79.9. The molecule has 3 aliphatic heterocycles. The van der Waals surface area contributed by atoms with Crippen LogP contribution in [0.5, 0.6) is 5.75 Å². The van der Waals surface area contributed by atoms with E-state index in [9.17, 15) is 43.5 Å². The molecule has 0 aliphatic carbocycles. The number of anilines is 3. The zero-order chi connectivity index (χ0) is 64.0. The van der Waals surface area contributed by atoms with Gasteiger partial charge in [0.25, 0.3) is 0 Å². The summed E-state index contributed by atoms with van der Waals surface area (Å²) >= 11 is 9.94. The molecule has 8 amide bonds. The monoisotopic (exact) mass is 1300 g/mol. The second kappa shape index (κ2) is 30.6. The van der Waals surface area contributed by atoms with Crippen molar-refractivity contribution < 1.29 is 85.1 Å². The number of epoxide rings is 1. The van der Waals surface area contributed by atoms with Gasteiger partial charge in [0.05, 0.1) is 42.7 Å². The van der Waals surface area contributed by atoms with Crippen molar-refractivity contribution in [3.8, 4) is 5.75 Å². The minimum Gasteiger partial charge on any atom is -0.495 e. The van der Waals surface area contributed by atoms with Crippen LogP contribution in [0.25, 0.3) is 0 Å². The second-order valence-electron chi connectivity index (χ2n) is 22.0. The Morgan fingerprint density at radius 3 is 2.37 bits per heavy atom. The number of carbonyl (C=O) groups is 8. The normalized spacial score (nSPS) is 24.3. The number of urea groups is 1. The number of fused-ring (bicyclic) bond motifs is 5. The molecule has 474 valence electrons. The predicted octanol–water partition coefficient (Wildman–Crippen LogP) is 7.85. The first-order chi connectivity index (χ1) is 40.3. The largest absolute Gasteiger partial charge is 0.495 e. The number of nitrogens with two attached hydrogens (primary N) is 1. The lowest BCUT2D eigenvalue weighted by Crippen LogP contribution is -2.63. The van der Waals surface area contributed by atoms with Crippen molar-refractivity contribution in [3.05, 3.63) is 82.4 Å². The summed E-state index contributed by atoms with van der Waals surface area (Å²) < 4.78 is 79.4. The van der Waals surface area contributed by atoms with Gasteiger partial charge in [-0.25, -0.2) is 19.2 Å². The van der Waals surface area contributed by atoms with Gasteiger partial charge in [-0.2, -0.15) is 13.2 Å². The Balaban J connectivity index is 1.38. The highest BCUT2D eigenvalue weighted by Gasteiger charge is 2.64. The molecule has 0 saturated carbocycles. The third-order valence-electron chi connectivity index (χ3n) is 14.9. The van der Waals surface area contributed by atoms with E-state index in [4.69, 9.17) is 45.8 Å². The van der Waals surface area contributed by atoms with Crippen LogP contribution < -0.4 is 47.3 Å². The molecule has 3 aliphatic rings. The Morgan fingerprint density at radius 1 is 1.02 bits per heavy atom. The van der Waals surface area contributed by atoms with E-state index >= 15 is 13.2 Å². The highest BCUT2D eigenvalue weighted by molar-refractivity contribution is 9.09. The number of nitrogens with one attached hydrogen (secondary N) is 6. The maximum Gasteiger partial charge on any atom is 0.418 e. The van der Waals surface area contributed by atoms with Crippen LogP contribution in [0.15, 0.2) is 66.3 Å². The van der Waals surface area contributed by atoms with Crippen LogP contribution in [-0.4, -0.2) is 140 Å². The summed E-state index contributed by atoms with van der Waals surface area (Å²) in [6.07, 6.45) is -6.83. The molecule has 1 unspecified atom stereocenters. The molecular weight excluding hydrogens is 1220 g/mol. The number of rotatable bonds is 22. The molecule has 2 aromatic carbocycles. The van der Waals surface area contributed by atoms with Gasteiger partial charge in [0, 0.05) is 56.1 Å². The summed E-state index contributed by atoms with van der Waals surface area (Å²) in [7, 11) is 4.20. The van der Waals surface area contributed by atoms with E-state index in [1.54, 1.807) is 58.1 Å².